The van der Waals surface area contributed by atoms with E-state index in [1.165, 1.54) is 0 Å². The second-order valence-corrected chi connectivity index (χ2v) is 4.47. The molecular formula is C11H22N2O. The smallest absolute Gasteiger partial charge is 0.222 e. The fourth-order valence-electron chi connectivity index (χ4n) is 1.60. The highest BCUT2D eigenvalue weighted by Crippen LogP contribution is 2.08. The van der Waals surface area contributed by atoms with Crippen LogP contribution in [0.5, 0.6) is 0 Å². The molecular weight excluding hydrogens is 176 g/mol. The Balaban J connectivity index is 2.12. The summed E-state index contributed by atoms with van der Waals surface area (Å²) in [6.07, 6.45) is 1.79. The molecule has 1 heterocycles. The maximum atomic E-state index is 11.3. The summed E-state index contributed by atoms with van der Waals surface area (Å²) in [5.41, 5.74) is 0. The molecule has 0 aromatic rings. The van der Waals surface area contributed by atoms with Gasteiger partial charge in [-0.05, 0) is 19.3 Å². The first-order valence-electron chi connectivity index (χ1n) is 5.62. The Morgan fingerprint density at radius 2 is 2.14 bits per heavy atom. The molecule has 0 aromatic heterocycles. The lowest BCUT2D eigenvalue weighted by Crippen LogP contribution is -2.38. The summed E-state index contributed by atoms with van der Waals surface area (Å²) in [4.78, 5) is 13.2. The number of hydrogen-bond donors (Lipinski definition) is 1. The van der Waals surface area contributed by atoms with E-state index in [9.17, 15) is 4.79 Å². The van der Waals surface area contributed by atoms with Gasteiger partial charge in [-0.15, -0.1) is 0 Å². The molecule has 0 saturated carbocycles. The molecule has 14 heavy (non-hydrogen) atoms. The number of nitrogens with zero attached hydrogens (tertiary/aromatic N) is 1. The maximum Gasteiger partial charge on any atom is 0.222 e. The van der Waals surface area contributed by atoms with Gasteiger partial charge < -0.3 is 10.2 Å². The minimum absolute atomic E-state index is 0.323. The van der Waals surface area contributed by atoms with Crippen LogP contribution in [0.15, 0.2) is 0 Å². The maximum absolute atomic E-state index is 11.3. The molecule has 1 aliphatic rings. The van der Waals surface area contributed by atoms with Crippen LogP contribution in [0, 0.1) is 5.92 Å². The second kappa shape index (κ2) is 5.35. The molecule has 0 spiro atoms. The minimum Gasteiger partial charge on any atom is -0.341 e. The van der Waals surface area contributed by atoms with Gasteiger partial charge in [0.1, 0.15) is 0 Å². The van der Waals surface area contributed by atoms with Crippen LogP contribution in [0.4, 0.5) is 0 Å². The van der Waals surface area contributed by atoms with Crippen molar-refractivity contribution in [2.75, 3.05) is 19.6 Å². The Kier molecular flexibility index (Phi) is 4.39. The Morgan fingerprint density at radius 3 is 2.64 bits per heavy atom. The van der Waals surface area contributed by atoms with Gasteiger partial charge in [-0.2, -0.15) is 0 Å². The summed E-state index contributed by atoms with van der Waals surface area (Å²) in [6, 6.07) is 0.535. The van der Waals surface area contributed by atoms with Gasteiger partial charge in [0.05, 0.1) is 0 Å². The van der Waals surface area contributed by atoms with Crippen molar-refractivity contribution in [2.24, 2.45) is 5.92 Å². The molecule has 0 aromatic carbocycles. The van der Waals surface area contributed by atoms with Crippen molar-refractivity contribution in [1.82, 2.24) is 10.2 Å². The monoisotopic (exact) mass is 198 g/mol. The lowest BCUT2D eigenvalue weighted by atomic mass is 10.1. The van der Waals surface area contributed by atoms with Gasteiger partial charge >= 0.3 is 0 Å². The number of hydrogen-bond acceptors (Lipinski definition) is 2. The third kappa shape index (κ3) is 3.29. The summed E-state index contributed by atoms with van der Waals surface area (Å²) >= 11 is 0. The van der Waals surface area contributed by atoms with Crippen LogP contribution in [0.1, 0.15) is 33.6 Å². The molecule has 0 radical (unpaired) electrons. The Labute approximate surface area is 86.9 Å². The van der Waals surface area contributed by atoms with Crippen molar-refractivity contribution in [1.29, 1.82) is 0 Å². The van der Waals surface area contributed by atoms with Crippen molar-refractivity contribution in [3.8, 4) is 0 Å². The van der Waals surface area contributed by atoms with E-state index in [1.54, 1.807) is 0 Å². The number of rotatable bonds is 5. The highest BCUT2D eigenvalue weighted by molar-refractivity contribution is 5.78. The van der Waals surface area contributed by atoms with E-state index < -0.39 is 0 Å². The number of nitrogens with one attached hydrogen (secondary N) is 1. The molecule has 0 aliphatic carbocycles. The summed E-state index contributed by atoms with van der Waals surface area (Å²) in [5, 5.41) is 3.44. The van der Waals surface area contributed by atoms with Gasteiger partial charge in [-0.3, -0.25) is 4.79 Å². The average molecular weight is 198 g/mol. The number of likely N-dealkylation sites (tertiary alicyclic amines) is 1. The fourth-order valence-corrected chi connectivity index (χ4v) is 1.60. The summed E-state index contributed by atoms with van der Waals surface area (Å²) in [6.45, 7) is 9.35. The van der Waals surface area contributed by atoms with E-state index in [0.717, 1.165) is 32.5 Å². The largest absolute Gasteiger partial charge is 0.341 e. The number of amides is 1. The lowest BCUT2D eigenvalue weighted by molar-refractivity contribution is -0.127. The lowest BCUT2D eigenvalue weighted by Gasteiger charge is -2.20. The molecule has 0 bridgehead atoms. The first kappa shape index (κ1) is 11.5. The van der Waals surface area contributed by atoms with Gasteiger partial charge in [0.15, 0.2) is 0 Å². The predicted molar refractivity (Wildman–Crippen MR) is 58.1 cm³/mol. The Morgan fingerprint density at radius 1 is 1.43 bits per heavy atom. The third-order valence-electron chi connectivity index (χ3n) is 3.02. The molecule has 1 saturated heterocycles. The molecule has 1 atom stereocenters. The van der Waals surface area contributed by atoms with Crippen molar-refractivity contribution >= 4 is 5.91 Å². The quantitative estimate of drug-likeness (QED) is 0.721. The van der Waals surface area contributed by atoms with E-state index in [2.05, 4.69) is 26.1 Å². The normalized spacial score (nSPS) is 19.4. The highest BCUT2D eigenvalue weighted by Gasteiger charge is 2.19. The number of carbonyl (C=O) groups is 1. The SMILES string of the molecule is CC(C)C(C)NCCN1CCCC1=O. The zero-order valence-corrected chi connectivity index (χ0v) is 9.55. The fraction of sp³-hybridized carbons (Fsp3) is 0.909. The van der Waals surface area contributed by atoms with Gasteiger partial charge in [0, 0.05) is 32.1 Å². The van der Waals surface area contributed by atoms with Gasteiger partial charge in [0.2, 0.25) is 5.91 Å². The molecule has 82 valence electrons. The van der Waals surface area contributed by atoms with Crippen molar-refractivity contribution in [3.05, 3.63) is 0 Å². The van der Waals surface area contributed by atoms with Gasteiger partial charge in [-0.25, -0.2) is 0 Å². The Hall–Kier alpha value is -0.570. The van der Waals surface area contributed by atoms with Crippen LogP contribution < -0.4 is 5.32 Å². The highest BCUT2D eigenvalue weighted by atomic mass is 16.2. The molecule has 1 unspecified atom stereocenters. The second-order valence-electron chi connectivity index (χ2n) is 4.47. The van der Waals surface area contributed by atoms with E-state index >= 15 is 0 Å². The summed E-state index contributed by atoms with van der Waals surface area (Å²) < 4.78 is 0. The summed E-state index contributed by atoms with van der Waals surface area (Å²) in [5.74, 6) is 0.980. The zero-order chi connectivity index (χ0) is 10.6. The predicted octanol–water partition coefficient (Wildman–Crippen LogP) is 1.24. The first-order valence-corrected chi connectivity index (χ1v) is 5.62. The van der Waals surface area contributed by atoms with Gasteiger partial charge in [0.25, 0.3) is 0 Å². The molecule has 3 heteroatoms. The summed E-state index contributed by atoms with van der Waals surface area (Å²) in [7, 11) is 0. The van der Waals surface area contributed by atoms with Crippen molar-refractivity contribution in [2.45, 2.75) is 39.7 Å². The Bertz CT molecular complexity index is 192. The zero-order valence-electron chi connectivity index (χ0n) is 9.55. The molecule has 1 rings (SSSR count). The van der Waals surface area contributed by atoms with Crippen LogP contribution in [0.2, 0.25) is 0 Å². The third-order valence-corrected chi connectivity index (χ3v) is 3.02. The van der Waals surface area contributed by atoms with E-state index in [0.29, 0.717) is 17.9 Å². The molecule has 1 fully saturated rings. The van der Waals surface area contributed by atoms with Crippen LogP contribution in [0.3, 0.4) is 0 Å². The standard InChI is InChI=1S/C11H22N2O/c1-9(2)10(3)12-6-8-13-7-4-5-11(13)14/h9-10,12H,4-8H2,1-3H3. The number of carbonyl (C=O) groups excluding carboxylic acids is 1. The first-order chi connectivity index (χ1) is 6.61. The van der Waals surface area contributed by atoms with Crippen LogP contribution in [-0.2, 0) is 4.79 Å². The molecule has 1 N–H and O–H groups in total. The topological polar surface area (TPSA) is 32.3 Å². The van der Waals surface area contributed by atoms with Crippen LogP contribution in [-0.4, -0.2) is 36.5 Å². The van der Waals surface area contributed by atoms with Crippen LogP contribution in [0.25, 0.3) is 0 Å². The van der Waals surface area contributed by atoms with E-state index in [1.807, 2.05) is 4.90 Å². The molecule has 1 aliphatic heterocycles. The van der Waals surface area contributed by atoms with Crippen LogP contribution >= 0.6 is 0 Å². The van der Waals surface area contributed by atoms with Crippen molar-refractivity contribution in [3.63, 3.8) is 0 Å². The van der Waals surface area contributed by atoms with Crippen molar-refractivity contribution < 1.29 is 4.79 Å². The van der Waals surface area contributed by atoms with E-state index in [-0.39, 0.29) is 0 Å². The van der Waals surface area contributed by atoms with E-state index in [4.69, 9.17) is 0 Å². The minimum atomic E-state index is 0.323. The average Bonchev–Trinajstić information content (AvgIpc) is 2.51. The van der Waals surface area contributed by atoms with Gasteiger partial charge in [-0.1, -0.05) is 13.8 Å². The molecule has 1 amide bonds. The molecule has 3 nitrogen and oxygen atoms in total.